The third kappa shape index (κ3) is 7.34. The number of hydrogen-bond donors (Lipinski definition) is 1. The Balaban J connectivity index is 1.15. The van der Waals surface area contributed by atoms with Crippen LogP contribution in [0.1, 0.15) is 48.2 Å². The number of halogens is 3. The van der Waals surface area contributed by atoms with Gasteiger partial charge in [0.2, 0.25) is 0 Å². The topological polar surface area (TPSA) is 96.0 Å². The predicted molar refractivity (Wildman–Crippen MR) is 182 cm³/mol. The molecule has 1 aromatic carbocycles. The highest BCUT2D eigenvalue weighted by Crippen LogP contribution is 2.29. The number of nitrogens with one attached hydrogen (secondary N) is 1. The van der Waals surface area contributed by atoms with E-state index in [1.807, 2.05) is 51.7 Å². The van der Waals surface area contributed by atoms with Crippen molar-refractivity contribution in [3.8, 4) is 5.69 Å². The highest BCUT2D eigenvalue weighted by atomic mass is 35.5. The average molecular weight is 681 g/mol. The Bertz CT molecular complexity index is 1960. The highest BCUT2D eigenvalue weighted by molar-refractivity contribution is 6.76. The number of amides is 1. The van der Waals surface area contributed by atoms with E-state index in [1.165, 1.54) is 6.07 Å². The number of fused-ring (bicyclic) bond motifs is 2. The standard InChI is InChI=1S/C34H39ClF2N6O3Si/c1-47(2,3)15-14-46-21-41-13-12-23-16-26(19-39-32(23)41)43-29-7-5-4-6-28(29)42(34(43)45)20-22-8-10-25(11-9-22)40-33(44)27-17-24(35)18-38-30(27)31(36)37/h4-7,12-13,16-19,22,25,31H,8-11,14-15,20-21H2,1-3H3,(H,40,44)/t22-,25-. The summed E-state index contributed by atoms with van der Waals surface area (Å²) in [6.45, 7) is 8.67. The van der Waals surface area contributed by atoms with Gasteiger partial charge in [0.05, 0.1) is 33.5 Å². The second-order valence-electron chi connectivity index (χ2n) is 13.5. The maximum Gasteiger partial charge on any atom is 0.333 e. The van der Waals surface area contributed by atoms with E-state index in [1.54, 1.807) is 10.8 Å². The zero-order valence-corrected chi connectivity index (χ0v) is 28.5. The zero-order chi connectivity index (χ0) is 33.3. The average Bonchev–Trinajstić information content (AvgIpc) is 3.56. The van der Waals surface area contributed by atoms with Crippen LogP contribution in [-0.4, -0.2) is 50.3 Å². The molecular weight excluding hydrogens is 642 g/mol. The lowest BCUT2D eigenvalue weighted by molar-refractivity contribution is 0.0898. The summed E-state index contributed by atoms with van der Waals surface area (Å²) in [7, 11) is -1.17. The summed E-state index contributed by atoms with van der Waals surface area (Å²) in [4.78, 5) is 35.2. The fraction of sp³-hybridized carbons (Fsp3) is 0.412. The van der Waals surface area contributed by atoms with E-state index in [-0.39, 0.29) is 28.2 Å². The Morgan fingerprint density at radius 1 is 1.06 bits per heavy atom. The highest BCUT2D eigenvalue weighted by Gasteiger charge is 2.27. The molecule has 1 amide bonds. The van der Waals surface area contributed by atoms with Crippen LogP contribution in [0.25, 0.3) is 27.8 Å². The van der Waals surface area contributed by atoms with E-state index in [0.29, 0.717) is 31.8 Å². The maximum absolute atomic E-state index is 14.0. The number of imidazole rings is 1. The van der Waals surface area contributed by atoms with Gasteiger partial charge in [-0.3, -0.25) is 18.9 Å². The molecule has 1 N–H and O–H groups in total. The Hall–Kier alpha value is -3.87. The number of pyridine rings is 2. The van der Waals surface area contributed by atoms with Crippen LogP contribution in [0.3, 0.4) is 0 Å². The molecule has 13 heteroatoms. The number of para-hydroxylation sites is 2. The summed E-state index contributed by atoms with van der Waals surface area (Å²) in [6.07, 6.45) is 4.81. The van der Waals surface area contributed by atoms with Gasteiger partial charge in [-0.15, -0.1) is 0 Å². The lowest BCUT2D eigenvalue weighted by Crippen LogP contribution is -2.39. The van der Waals surface area contributed by atoms with Crippen LogP contribution >= 0.6 is 11.6 Å². The monoisotopic (exact) mass is 680 g/mol. The number of ether oxygens (including phenoxy) is 1. The fourth-order valence-electron chi connectivity index (χ4n) is 6.28. The first-order valence-corrected chi connectivity index (χ1v) is 20.0. The van der Waals surface area contributed by atoms with Crippen LogP contribution < -0.4 is 11.0 Å². The summed E-state index contributed by atoms with van der Waals surface area (Å²) in [5.41, 5.74) is 2.23. The molecule has 0 spiro atoms. The van der Waals surface area contributed by atoms with E-state index in [4.69, 9.17) is 21.3 Å². The molecule has 5 aromatic rings. The summed E-state index contributed by atoms with van der Waals surface area (Å²) < 4.78 is 38.3. The van der Waals surface area contributed by atoms with Crippen molar-refractivity contribution in [1.29, 1.82) is 0 Å². The van der Waals surface area contributed by atoms with Crippen LogP contribution in [0.5, 0.6) is 0 Å². The van der Waals surface area contributed by atoms with E-state index in [9.17, 15) is 18.4 Å². The van der Waals surface area contributed by atoms with Gasteiger partial charge in [0.1, 0.15) is 18.1 Å². The van der Waals surface area contributed by atoms with E-state index in [2.05, 4.69) is 29.9 Å². The quantitative estimate of drug-likeness (QED) is 0.116. The van der Waals surface area contributed by atoms with Crippen molar-refractivity contribution in [1.82, 2.24) is 29.0 Å². The van der Waals surface area contributed by atoms with E-state index >= 15 is 0 Å². The SMILES string of the molecule is C[Si](C)(C)CCOCn1ccc2cc(-n3c(=O)n(C[C@H]4CC[C@H](NC(=O)c5cc(Cl)cnc5C(F)F)CC4)c4ccccc43)cnc21. The van der Waals surface area contributed by atoms with Crippen molar-refractivity contribution in [2.45, 2.75) is 77.1 Å². The van der Waals surface area contributed by atoms with Crippen LogP contribution in [0, 0.1) is 5.92 Å². The summed E-state index contributed by atoms with van der Waals surface area (Å²) in [6, 6.07) is 13.9. The Kier molecular flexibility index (Phi) is 9.63. The predicted octanol–water partition coefficient (Wildman–Crippen LogP) is 7.43. The Labute approximate surface area is 277 Å². The van der Waals surface area contributed by atoms with Gasteiger partial charge >= 0.3 is 5.69 Å². The molecule has 1 saturated carbocycles. The molecule has 47 heavy (non-hydrogen) atoms. The van der Waals surface area contributed by atoms with E-state index < -0.39 is 26.1 Å². The number of rotatable bonds is 11. The van der Waals surface area contributed by atoms with Crippen LogP contribution in [0.2, 0.25) is 30.7 Å². The van der Waals surface area contributed by atoms with Crippen molar-refractivity contribution >= 4 is 47.6 Å². The first kappa shape index (κ1) is 33.0. The van der Waals surface area contributed by atoms with Gasteiger partial charge in [-0.05, 0) is 68.0 Å². The summed E-state index contributed by atoms with van der Waals surface area (Å²) in [5.74, 6) is -0.395. The molecule has 0 aliphatic heterocycles. The first-order valence-electron chi connectivity index (χ1n) is 16.0. The minimum absolute atomic E-state index is 0.125. The molecule has 1 aliphatic rings. The lowest BCUT2D eigenvalue weighted by Gasteiger charge is -2.29. The second-order valence-corrected chi connectivity index (χ2v) is 19.6. The molecule has 0 unspecified atom stereocenters. The fourth-order valence-corrected chi connectivity index (χ4v) is 7.20. The smallest absolute Gasteiger partial charge is 0.333 e. The molecule has 248 valence electrons. The van der Waals surface area contributed by atoms with Gasteiger partial charge in [-0.2, -0.15) is 0 Å². The molecule has 6 rings (SSSR count). The number of nitrogens with zero attached hydrogens (tertiary/aromatic N) is 5. The zero-order valence-electron chi connectivity index (χ0n) is 26.8. The third-order valence-electron chi connectivity index (χ3n) is 8.87. The number of hydrogen-bond acceptors (Lipinski definition) is 5. The van der Waals surface area contributed by atoms with Gasteiger partial charge in [0, 0.05) is 45.0 Å². The Morgan fingerprint density at radius 3 is 2.53 bits per heavy atom. The van der Waals surface area contributed by atoms with Crippen molar-refractivity contribution in [2.24, 2.45) is 5.92 Å². The second kappa shape index (κ2) is 13.7. The van der Waals surface area contributed by atoms with Crippen molar-refractivity contribution in [3.05, 3.63) is 87.8 Å². The van der Waals surface area contributed by atoms with Gasteiger partial charge in [-0.1, -0.05) is 43.4 Å². The molecule has 0 atom stereocenters. The van der Waals surface area contributed by atoms with Crippen molar-refractivity contribution < 1.29 is 18.3 Å². The normalized spacial score (nSPS) is 17.2. The van der Waals surface area contributed by atoms with Gasteiger partial charge < -0.3 is 14.6 Å². The van der Waals surface area contributed by atoms with Crippen LogP contribution in [-0.2, 0) is 18.0 Å². The summed E-state index contributed by atoms with van der Waals surface area (Å²) >= 11 is 5.93. The number of aromatic nitrogens is 5. The minimum Gasteiger partial charge on any atom is -0.361 e. The molecule has 4 heterocycles. The molecule has 0 saturated heterocycles. The largest absolute Gasteiger partial charge is 0.361 e. The lowest BCUT2D eigenvalue weighted by atomic mass is 9.85. The molecule has 0 bridgehead atoms. The van der Waals surface area contributed by atoms with E-state index in [0.717, 1.165) is 53.8 Å². The molecule has 1 fully saturated rings. The number of benzene rings is 1. The number of carbonyl (C=O) groups excluding carboxylic acids is 1. The molecule has 9 nitrogen and oxygen atoms in total. The molecule has 4 aromatic heterocycles. The first-order chi connectivity index (χ1) is 22.5. The molecule has 1 aliphatic carbocycles. The minimum atomic E-state index is -2.88. The van der Waals surface area contributed by atoms with Crippen LogP contribution in [0.15, 0.2) is 65.8 Å². The Morgan fingerprint density at radius 2 is 1.81 bits per heavy atom. The molecule has 0 radical (unpaired) electrons. The number of alkyl halides is 2. The van der Waals surface area contributed by atoms with Gasteiger partial charge in [0.25, 0.3) is 12.3 Å². The molecular formula is C34H39ClF2N6O3Si. The van der Waals surface area contributed by atoms with Crippen molar-refractivity contribution in [3.63, 3.8) is 0 Å². The summed E-state index contributed by atoms with van der Waals surface area (Å²) in [5, 5.41) is 3.94. The van der Waals surface area contributed by atoms with Crippen molar-refractivity contribution in [2.75, 3.05) is 6.61 Å². The number of carbonyl (C=O) groups is 1. The maximum atomic E-state index is 14.0. The van der Waals surface area contributed by atoms with Crippen LogP contribution in [0.4, 0.5) is 8.78 Å². The third-order valence-corrected chi connectivity index (χ3v) is 10.8. The van der Waals surface area contributed by atoms with Gasteiger partial charge in [0.15, 0.2) is 0 Å². The van der Waals surface area contributed by atoms with Gasteiger partial charge in [-0.25, -0.2) is 18.6 Å².